The minimum absolute atomic E-state index is 0.132. The van der Waals surface area contributed by atoms with Gasteiger partial charge in [0.25, 0.3) is 0 Å². The average Bonchev–Trinajstić information content (AvgIpc) is 3.30. The van der Waals surface area contributed by atoms with Crippen LogP contribution < -0.4 is 9.80 Å². The van der Waals surface area contributed by atoms with Gasteiger partial charge in [-0.2, -0.15) is 0 Å². The molecule has 9 aromatic rings. The third-order valence-electron chi connectivity index (χ3n) is 11.5. The van der Waals surface area contributed by atoms with Gasteiger partial charge in [0, 0.05) is 28.7 Å². The molecule has 2 nitrogen and oxygen atoms in total. The van der Waals surface area contributed by atoms with E-state index in [2.05, 4.69) is 259 Å². The normalized spacial score (nSPS) is 13.4. The summed E-state index contributed by atoms with van der Waals surface area (Å²) in [5.41, 5.74) is 9.62. The van der Waals surface area contributed by atoms with Crippen molar-refractivity contribution < 1.29 is 0 Å². The van der Waals surface area contributed by atoms with Crippen molar-refractivity contribution in [1.29, 1.82) is 0 Å². The monoisotopic (exact) mass is 742 g/mol. The third kappa shape index (κ3) is 6.45. The molecular weight excluding hydrogens is 701 g/mol. The van der Waals surface area contributed by atoms with Crippen LogP contribution in [0.2, 0.25) is 0 Å². The van der Waals surface area contributed by atoms with Crippen LogP contribution in [0.15, 0.2) is 249 Å². The van der Waals surface area contributed by atoms with Gasteiger partial charge in [0.05, 0.1) is 0 Å². The van der Waals surface area contributed by atoms with Gasteiger partial charge in [0.15, 0.2) is 5.66 Å². The highest BCUT2D eigenvalue weighted by molar-refractivity contribution is 5.98. The van der Waals surface area contributed by atoms with Crippen molar-refractivity contribution in [3.05, 3.63) is 254 Å². The molecule has 1 aliphatic rings. The summed E-state index contributed by atoms with van der Waals surface area (Å²) in [5, 5.41) is 4.98. The van der Waals surface area contributed by atoms with E-state index in [9.17, 15) is 0 Å². The average molecular weight is 743 g/mol. The Morgan fingerprint density at radius 1 is 0.310 bits per heavy atom. The maximum absolute atomic E-state index is 2.49. The van der Waals surface area contributed by atoms with Gasteiger partial charge in [-0.1, -0.05) is 188 Å². The van der Waals surface area contributed by atoms with Crippen molar-refractivity contribution in [3.63, 3.8) is 0 Å². The number of hydrogen-bond donors (Lipinski definition) is 0. The van der Waals surface area contributed by atoms with Crippen LogP contribution in [0.25, 0.3) is 43.8 Å². The molecule has 2 heteroatoms. The Morgan fingerprint density at radius 2 is 0.672 bits per heavy atom. The number of allylic oxidation sites excluding steroid dienone is 2. The van der Waals surface area contributed by atoms with Gasteiger partial charge < -0.3 is 9.80 Å². The molecule has 0 saturated carbocycles. The maximum atomic E-state index is 2.49. The molecule has 0 aromatic heterocycles. The minimum atomic E-state index is -0.796. The summed E-state index contributed by atoms with van der Waals surface area (Å²) < 4.78 is 0. The van der Waals surface area contributed by atoms with E-state index >= 15 is 0 Å². The van der Waals surface area contributed by atoms with E-state index in [0.29, 0.717) is 0 Å². The first kappa shape index (κ1) is 35.0. The summed E-state index contributed by atoms with van der Waals surface area (Å²) in [5.74, 6) is 0.132. The molecular formula is C56H42N2. The fourth-order valence-electron chi connectivity index (χ4n) is 8.72. The summed E-state index contributed by atoms with van der Waals surface area (Å²) in [6.45, 7) is 0. The highest BCUT2D eigenvalue weighted by atomic mass is 15.4. The molecule has 0 fully saturated rings. The zero-order valence-electron chi connectivity index (χ0n) is 32.1. The number of fused-ring (bicyclic) bond motifs is 2. The van der Waals surface area contributed by atoms with Gasteiger partial charge >= 0.3 is 0 Å². The van der Waals surface area contributed by atoms with E-state index in [1.165, 1.54) is 49.4 Å². The molecule has 0 amide bonds. The molecule has 0 unspecified atom stereocenters. The summed E-state index contributed by atoms with van der Waals surface area (Å²) >= 11 is 0. The van der Waals surface area contributed by atoms with Crippen LogP contribution in [0.4, 0.5) is 22.7 Å². The second-order valence-electron chi connectivity index (χ2n) is 14.9. The molecule has 0 N–H and O–H groups in total. The van der Waals surface area contributed by atoms with Crippen molar-refractivity contribution in [3.8, 4) is 22.3 Å². The molecule has 1 aliphatic carbocycles. The zero-order chi connectivity index (χ0) is 38.7. The number of hydrogen-bond acceptors (Lipinski definition) is 2. The molecule has 0 spiro atoms. The number of para-hydroxylation sites is 2. The van der Waals surface area contributed by atoms with Crippen LogP contribution in [0.5, 0.6) is 0 Å². The third-order valence-corrected chi connectivity index (χ3v) is 11.5. The standard InChI is InChI=1S/C56H42N2/c1-4-16-42(17-5-1)43-38-40-56(41-39-43,57(48-22-6-2-7-23-48)50-34-30-46(31-35-50)54-28-14-20-44-18-10-12-26-52(44)54)58(49-24-8-3-9-25-49)51-36-32-47(33-37-51)55-29-15-21-45-19-11-13-27-53(45)55/h1-41,43H. The fraction of sp³-hybridized carbons (Fsp3) is 0.0357. The Hall–Kier alpha value is -7.42. The summed E-state index contributed by atoms with van der Waals surface area (Å²) in [4.78, 5) is 4.97. The second-order valence-corrected chi connectivity index (χ2v) is 14.9. The van der Waals surface area contributed by atoms with E-state index in [0.717, 1.165) is 22.7 Å². The van der Waals surface area contributed by atoms with Gasteiger partial charge in [-0.15, -0.1) is 0 Å². The Balaban J connectivity index is 1.16. The van der Waals surface area contributed by atoms with Crippen molar-refractivity contribution in [1.82, 2.24) is 0 Å². The molecule has 0 bridgehead atoms. The van der Waals surface area contributed by atoms with E-state index in [4.69, 9.17) is 0 Å². The lowest BCUT2D eigenvalue weighted by Crippen LogP contribution is -2.56. The van der Waals surface area contributed by atoms with Crippen molar-refractivity contribution in [2.75, 3.05) is 9.80 Å². The van der Waals surface area contributed by atoms with Crippen molar-refractivity contribution in [2.45, 2.75) is 11.6 Å². The van der Waals surface area contributed by atoms with E-state index in [1.807, 2.05) is 0 Å². The van der Waals surface area contributed by atoms with E-state index in [-0.39, 0.29) is 5.92 Å². The van der Waals surface area contributed by atoms with Gasteiger partial charge in [0.1, 0.15) is 0 Å². The molecule has 0 radical (unpaired) electrons. The lowest BCUT2D eigenvalue weighted by Gasteiger charge is -2.51. The number of nitrogens with zero attached hydrogens (tertiary/aromatic N) is 2. The number of rotatable bonds is 9. The first-order chi connectivity index (χ1) is 28.7. The highest BCUT2D eigenvalue weighted by Crippen LogP contribution is 2.47. The quantitative estimate of drug-likeness (QED) is 0.107. The molecule has 58 heavy (non-hydrogen) atoms. The topological polar surface area (TPSA) is 6.48 Å². The SMILES string of the molecule is C1=CC(N(c2ccccc2)c2ccc(-c3cccc4ccccc34)cc2)(N(c2ccccc2)c2ccc(-c3cccc4ccccc34)cc2)C=CC1c1ccccc1. The lowest BCUT2D eigenvalue weighted by molar-refractivity contribution is 0.625. The van der Waals surface area contributed by atoms with Gasteiger partial charge in [-0.05, 0) is 110 Å². The van der Waals surface area contributed by atoms with Crippen LogP contribution in [0, 0.1) is 0 Å². The molecule has 9 aromatic carbocycles. The van der Waals surface area contributed by atoms with E-state index < -0.39 is 5.66 Å². The van der Waals surface area contributed by atoms with E-state index in [1.54, 1.807) is 0 Å². The second kappa shape index (κ2) is 15.3. The molecule has 0 atom stereocenters. The largest absolute Gasteiger partial charge is 0.311 e. The van der Waals surface area contributed by atoms with Crippen molar-refractivity contribution in [2.24, 2.45) is 0 Å². The summed E-state index contributed by atoms with van der Waals surface area (Å²) in [6, 6.07) is 81.0. The molecule has 10 rings (SSSR count). The zero-order valence-corrected chi connectivity index (χ0v) is 32.1. The maximum Gasteiger partial charge on any atom is 0.160 e. The Labute approximate surface area is 340 Å². The smallest absolute Gasteiger partial charge is 0.160 e. The molecule has 0 heterocycles. The number of anilines is 4. The van der Waals surface area contributed by atoms with Gasteiger partial charge in [0.2, 0.25) is 0 Å². The van der Waals surface area contributed by atoms with Crippen LogP contribution in [-0.4, -0.2) is 5.66 Å². The van der Waals surface area contributed by atoms with Gasteiger partial charge in [-0.3, -0.25) is 0 Å². The Morgan fingerprint density at radius 3 is 1.12 bits per heavy atom. The minimum Gasteiger partial charge on any atom is -0.311 e. The van der Waals surface area contributed by atoms with Crippen LogP contribution >= 0.6 is 0 Å². The fourth-order valence-corrected chi connectivity index (χ4v) is 8.72. The van der Waals surface area contributed by atoms with Crippen LogP contribution in [0.1, 0.15) is 11.5 Å². The van der Waals surface area contributed by atoms with Gasteiger partial charge in [-0.25, -0.2) is 0 Å². The predicted molar refractivity (Wildman–Crippen MR) is 246 cm³/mol. The van der Waals surface area contributed by atoms with Crippen molar-refractivity contribution >= 4 is 44.3 Å². The summed E-state index contributed by atoms with van der Waals surface area (Å²) in [6.07, 6.45) is 9.55. The molecule has 0 aliphatic heterocycles. The molecule has 276 valence electrons. The molecule has 0 saturated heterocycles. The Kier molecular flexibility index (Phi) is 9.21. The first-order valence-electron chi connectivity index (χ1n) is 20.1. The lowest BCUT2D eigenvalue weighted by atomic mass is 9.87. The van der Waals surface area contributed by atoms with Crippen LogP contribution in [-0.2, 0) is 0 Å². The highest BCUT2D eigenvalue weighted by Gasteiger charge is 2.42. The number of benzene rings is 9. The first-order valence-corrected chi connectivity index (χ1v) is 20.1. The Bertz CT molecular complexity index is 2690. The van der Waals surface area contributed by atoms with Crippen LogP contribution in [0.3, 0.4) is 0 Å². The summed E-state index contributed by atoms with van der Waals surface area (Å²) in [7, 11) is 0. The predicted octanol–water partition coefficient (Wildman–Crippen LogP) is 14.9.